The van der Waals surface area contributed by atoms with Crippen molar-refractivity contribution in [3.05, 3.63) is 29.8 Å². The lowest BCUT2D eigenvalue weighted by atomic mass is 9.97. The van der Waals surface area contributed by atoms with Gasteiger partial charge in [0.25, 0.3) is 0 Å². The molecule has 232 valence electrons. The highest BCUT2D eigenvalue weighted by Gasteiger charge is 2.56. The molecule has 0 aliphatic carbocycles. The maximum Gasteiger partial charge on any atom is 0.414 e. The molecular formula is C27H36N2O13. The Balaban J connectivity index is 2.34. The van der Waals surface area contributed by atoms with Crippen LogP contribution in [0, 0.1) is 0 Å². The average Bonchev–Trinajstić information content (AvgIpc) is 2.86. The molecule has 1 aliphatic heterocycles. The number of nitrogens with zero attached hydrogens (tertiary/aromatic N) is 1. The van der Waals surface area contributed by atoms with E-state index in [0.717, 1.165) is 27.9 Å². The Bertz CT molecular complexity index is 1180. The summed E-state index contributed by atoms with van der Waals surface area (Å²) in [5.74, 6) is -3.69. The highest BCUT2D eigenvalue weighted by molar-refractivity contribution is 5.86. The van der Waals surface area contributed by atoms with Crippen molar-refractivity contribution in [3.8, 4) is 0 Å². The van der Waals surface area contributed by atoms with Gasteiger partial charge >= 0.3 is 36.1 Å². The highest BCUT2D eigenvalue weighted by Crippen LogP contribution is 2.31. The van der Waals surface area contributed by atoms with Crippen LogP contribution in [0.4, 0.5) is 15.3 Å². The molecule has 0 saturated carbocycles. The van der Waals surface area contributed by atoms with Crippen LogP contribution in [-0.4, -0.2) is 91.4 Å². The number of carbonyl (C=O) groups excluding carboxylic acids is 6. The summed E-state index contributed by atoms with van der Waals surface area (Å²) < 4.78 is 36.7. The third-order valence-electron chi connectivity index (χ3n) is 5.42. The molecule has 0 radical (unpaired) electrons. The maximum absolute atomic E-state index is 13.0. The number of carbonyl (C=O) groups is 6. The molecular weight excluding hydrogens is 560 g/mol. The molecule has 1 aromatic rings. The maximum atomic E-state index is 13.0. The standard InChI is InChI=1S/C27H36N2O13/c1-14(30)37-19-20(38-15(2)31)22(39-16(3)32)24(40-21(19)23(33)36-8)41-25(34)28-18-12-10-9-11-17(18)13-29(7)26(35)42-27(4,5)6/h9-12,19-22,24H,13H2,1-8H3,(H,28,34)/t19-,20-,21-,22+,24-/m0/s1. The Labute approximate surface area is 242 Å². The topological polar surface area (TPSA) is 182 Å². The van der Waals surface area contributed by atoms with Gasteiger partial charge in [0.1, 0.15) is 5.60 Å². The predicted molar refractivity (Wildman–Crippen MR) is 142 cm³/mol. The van der Waals surface area contributed by atoms with E-state index in [9.17, 15) is 28.8 Å². The predicted octanol–water partition coefficient (Wildman–Crippen LogP) is 2.29. The molecule has 2 rings (SSSR count). The van der Waals surface area contributed by atoms with E-state index < -0.39 is 72.4 Å². The second kappa shape index (κ2) is 14.5. The first-order valence-corrected chi connectivity index (χ1v) is 12.8. The summed E-state index contributed by atoms with van der Waals surface area (Å²) in [4.78, 5) is 75.0. The first-order valence-electron chi connectivity index (χ1n) is 12.8. The molecule has 0 aromatic heterocycles. The van der Waals surface area contributed by atoms with Crippen molar-refractivity contribution in [1.82, 2.24) is 4.90 Å². The fraction of sp³-hybridized carbons (Fsp3) is 0.556. The zero-order chi connectivity index (χ0) is 31.8. The van der Waals surface area contributed by atoms with E-state index in [0.29, 0.717) is 5.56 Å². The Kier molecular flexibility index (Phi) is 11.7. The number of hydrogen-bond acceptors (Lipinski definition) is 13. The summed E-state index contributed by atoms with van der Waals surface area (Å²) in [6, 6.07) is 6.51. The molecule has 0 unspecified atom stereocenters. The van der Waals surface area contributed by atoms with E-state index in [-0.39, 0.29) is 12.2 Å². The van der Waals surface area contributed by atoms with Crippen LogP contribution in [0.1, 0.15) is 47.1 Å². The molecule has 42 heavy (non-hydrogen) atoms. The minimum absolute atomic E-state index is 0.0460. The second-order valence-electron chi connectivity index (χ2n) is 10.2. The van der Waals surface area contributed by atoms with E-state index in [1.807, 2.05) is 0 Å². The summed E-state index contributed by atoms with van der Waals surface area (Å²) in [5, 5.41) is 2.51. The lowest BCUT2D eigenvalue weighted by Crippen LogP contribution is -2.64. The number of ether oxygens (including phenoxy) is 7. The van der Waals surface area contributed by atoms with Gasteiger partial charge in [0.2, 0.25) is 12.4 Å². The second-order valence-corrected chi connectivity index (χ2v) is 10.2. The van der Waals surface area contributed by atoms with Crippen molar-refractivity contribution in [2.75, 3.05) is 19.5 Å². The van der Waals surface area contributed by atoms with Crippen LogP contribution in [0.2, 0.25) is 0 Å². The van der Waals surface area contributed by atoms with Crippen molar-refractivity contribution in [2.24, 2.45) is 0 Å². The molecule has 1 fully saturated rings. The molecule has 1 N–H and O–H groups in total. The lowest BCUT2D eigenvalue weighted by Gasteiger charge is -2.42. The first kappa shape index (κ1) is 33.8. The van der Waals surface area contributed by atoms with Crippen LogP contribution < -0.4 is 5.32 Å². The molecule has 0 spiro atoms. The van der Waals surface area contributed by atoms with E-state index >= 15 is 0 Å². The Morgan fingerprint density at radius 1 is 0.857 bits per heavy atom. The normalized spacial score (nSPS) is 21.7. The molecule has 1 aromatic carbocycles. The SMILES string of the molecule is COC(=O)[C@H]1O[C@@H](OC(=O)Nc2ccccc2CN(C)C(=O)OC(C)(C)C)[C@H](OC(C)=O)[C@@H](OC(C)=O)[C@@H]1OC(C)=O. The Morgan fingerprint density at radius 2 is 1.40 bits per heavy atom. The fourth-order valence-corrected chi connectivity index (χ4v) is 3.86. The van der Waals surface area contributed by atoms with Crippen LogP contribution in [-0.2, 0) is 58.9 Å². The van der Waals surface area contributed by atoms with E-state index in [2.05, 4.69) is 5.32 Å². The van der Waals surface area contributed by atoms with Gasteiger partial charge in [0.05, 0.1) is 13.7 Å². The van der Waals surface area contributed by atoms with Crippen LogP contribution in [0.25, 0.3) is 0 Å². The fourth-order valence-electron chi connectivity index (χ4n) is 3.86. The van der Waals surface area contributed by atoms with Gasteiger partial charge in [-0.25, -0.2) is 14.4 Å². The third-order valence-corrected chi connectivity index (χ3v) is 5.42. The monoisotopic (exact) mass is 596 g/mol. The minimum atomic E-state index is -1.83. The number of esters is 4. The van der Waals surface area contributed by atoms with Gasteiger partial charge in [-0.3, -0.25) is 19.7 Å². The van der Waals surface area contributed by atoms with Gasteiger partial charge in [-0.15, -0.1) is 0 Å². The number of rotatable bonds is 8. The number of benzene rings is 1. The first-order chi connectivity index (χ1) is 19.5. The van der Waals surface area contributed by atoms with Gasteiger partial charge in [0, 0.05) is 33.5 Å². The number of anilines is 1. The van der Waals surface area contributed by atoms with Gasteiger partial charge in [-0.2, -0.15) is 0 Å². The van der Waals surface area contributed by atoms with Crippen molar-refractivity contribution >= 4 is 41.8 Å². The summed E-state index contributed by atoms with van der Waals surface area (Å²) >= 11 is 0. The highest BCUT2D eigenvalue weighted by atomic mass is 16.8. The summed E-state index contributed by atoms with van der Waals surface area (Å²) in [6.07, 6.45) is -10.2. The number of hydrogen-bond donors (Lipinski definition) is 1. The van der Waals surface area contributed by atoms with Crippen molar-refractivity contribution in [1.29, 1.82) is 0 Å². The van der Waals surface area contributed by atoms with Crippen LogP contribution in [0.5, 0.6) is 0 Å². The Hall–Kier alpha value is -4.40. The average molecular weight is 597 g/mol. The van der Waals surface area contributed by atoms with E-state index in [4.69, 9.17) is 33.2 Å². The molecule has 0 bridgehead atoms. The number of amides is 2. The molecule has 15 heteroatoms. The zero-order valence-electron chi connectivity index (χ0n) is 24.7. The Morgan fingerprint density at radius 3 is 1.95 bits per heavy atom. The quantitative estimate of drug-likeness (QED) is 0.341. The number of para-hydroxylation sites is 1. The van der Waals surface area contributed by atoms with Crippen molar-refractivity contribution in [3.63, 3.8) is 0 Å². The van der Waals surface area contributed by atoms with Gasteiger partial charge in [0.15, 0.2) is 18.3 Å². The van der Waals surface area contributed by atoms with Gasteiger partial charge in [-0.1, -0.05) is 18.2 Å². The largest absolute Gasteiger partial charge is 0.467 e. The zero-order valence-corrected chi connectivity index (χ0v) is 24.7. The summed E-state index contributed by atoms with van der Waals surface area (Å²) in [6.45, 7) is 8.33. The smallest absolute Gasteiger partial charge is 0.414 e. The molecule has 5 atom stereocenters. The van der Waals surface area contributed by atoms with Gasteiger partial charge < -0.3 is 38.1 Å². The van der Waals surface area contributed by atoms with Crippen LogP contribution in [0.3, 0.4) is 0 Å². The van der Waals surface area contributed by atoms with Gasteiger partial charge in [-0.05, 0) is 32.4 Å². The van der Waals surface area contributed by atoms with E-state index in [1.165, 1.54) is 11.9 Å². The van der Waals surface area contributed by atoms with Crippen LogP contribution in [0.15, 0.2) is 24.3 Å². The van der Waals surface area contributed by atoms with E-state index in [1.54, 1.807) is 45.0 Å². The molecule has 1 aliphatic rings. The summed E-state index contributed by atoms with van der Waals surface area (Å²) in [5.41, 5.74) is 0.0342. The minimum Gasteiger partial charge on any atom is -0.467 e. The lowest BCUT2D eigenvalue weighted by molar-refractivity contribution is -0.287. The van der Waals surface area contributed by atoms with Crippen molar-refractivity contribution in [2.45, 2.75) is 84.4 Å². The summed E-state index contributed by atoms with van der Waals surface area (Å²) in [7, 11) is 2.55. The molecule has 15 nitrogen and oxygen atoms in total. The van der Waals surface area contributed by atoms with Crippen LogP contribution >= 0.6 is 0 Å². The third kappa shape index (κ3) is 9.90. The molecule has 1 heterocycles. The van der Waals surface area contributed by atoms with Crippen molar-refractivity contribution < 1.29 is 61.9 Å². The molecule has 1 saturated heterocycles. The number of methoxy groups -OCH3 is 1. The molecule has 2 amide bonds. The number of nitrogens with one attached hydrogen (secondary N) is 1.